The molecule has 0 aromatic heterocycles. The lowest BCUT2D eigenvalue weighted by molar-refractivity contribution is 0.0982. The fourth-order valence-corrected chi connectivity index (χ4v) is 1.20. The van der Waals surface area contributed by atoms with E-state index in [1.807, 2.05) is 12.2 Å². The van der Waals surface area contributed by atoms with Gasteiger partial charge in [0.1, 0.15) is 11.9 Å². The van der Waals surface area contributed by atoms with Crippen LogP contribution in [0.2, 0.25) is 0 Å². The van der Waals surface area contributed by atoms with E-state index < -0.39 is 0 Å². The first-order valence-corrected chi connectivity index (χ1v) is 4.94. The molecular formula is C12H18O2. The maximum Gasteiger partial charge on any atom is 0.124 e. The van der Waals surface area contributed by atoms with E-state index in [1.54, 1.807) is 6.08 Å². The Kier molecular flexibility index (Phi) is 4.47. The lowest BCUT2D eigenvalue weighted by Gasteiger charge is -2.11. The second-order valence-electron chi connectivity index (χ2n) is 3.62. The van der Waals surface area contributed by atoms with Gasteiger partial charge in [-0.25, -0.2) is 0 Å². The first-order valence-electron chi connectivity index (χ1n) is 4.94. The molecule has 1 atom stereocenters. The van der Waals surface area contributed by atoms with Crippen molar-refractivity contribution in [3.8, 4) is 0 Å². The number of allylic oxidation sites excluding steroid dienone is 4. The van der Waals surface area contributed by atoms with E-state index in [0.717, 1.165) is 18.8 Å². The van der Waals surface area contributed by atoms with Crippen molar-refractivity contribution in [1.29, 1.82) is 0 Å². The summed E-state index contributed by atoms with van der Waals surface area (Å²) in [6, 6.07) is 0. The summed E-state index contributed by atoms with van der Waals surface area (Å²) in [5.74, 6) is 0.821. The highest BCUT2D eigenvalue weighted by Gasteiger charge is 2.16. The van der Waals surface area contributed by atoms with Crippen molar-refractivity contribution in [2.45, 2.75) is 26.4 Å². The molecule has 0 aliphatic carbocycles. The molecule has 1 aliphatic heterocycles. The molecule has 0 saturated carbocycles. The van der Waals surface area contributed by atoms with Crippen LogP contribution in [-0.2, 0) is 9.47 Å². The zero-order valence-electron chi connectivity index (χ0n) is 8.95. The molecule has 1 aliphatic rings. The van der Waals surface area contributed by atoms with Crippen molar-refractivity contribution in [1.82, 2.24) is 0 Å². The molecule has 0 bridgehead atoms. The van der Waals surface area contributed by atoms with Crippen LogP contribution < -0.4 is 0 Å². The van der Waals surface area contributed by atoms with E-state index in [0.29, 0.717) is 6.61 Å². The second kappa shape index (κ2) is 5.66. The van der Waals surface area contributed by atoms with Crippen molar-refractivity contribution in [3.05, 3.63) is 36.1 Å². The number of hydrogen-bond donors (Lipinski definition) is 0. The minimum Gasteiger partial charge on any atom is -0.488 e. The molecule has 2 nitrogen and oxygen atoms in total. The van der Waals surface area contributed by atoms with Crippen molar-refractivity contribution < 1.29 is 9.47 Å². The first-order chi connectivity index (χ1) is 6.72. The van der Waals surface area contributed by atoms with Gasteiger partial charge in [0.25, 0.3) is 0 Å². The highest BCUT2D eigenvalue weighted by atomic mass is 16.5. The molecule has 0 amide bonds. The topological polar surface area (TPSA) is 18.5 Å². The van der Waals surface area contributed by atoms with E-state index in [-0.39, 0.29) is 6.10 Å². The van der Waals surface area contributed by atoms with Gasteiger partial charge in [-0.2, -0.15) is 0 Å². The fourth-order valence-electron chi connectivity index (χ4n) is 1.20. The van der Waals surface area contributed by atoms with Crippen LogP contribution in [-0.4, -0.2) is 19.3 Å². The maximum atomic E-state index is 5.68. The van der Waals surface area contributed by atoms with Gasteiger partial charge in [0, 0.05) is 6.42 Å². The third kappa shape index (κ3) is 3.79. The van der Waals surface area contributed by atoms with Crippen LogP contribution in [0.1, 0.15) is 20.3 Å². The van der Waals surface area contributed by atoms with Crippen LogP contribution >= 0.6 is 0 Å². The smallest absolute Gasteiger partial charge is 0.124 e. The van der Waals surface area contributed by atoms with E-state index >= 15 is 0 Å². The van der Waals surface area contributed by atoms with Gasteiger partial charge < -0.3 is 9.47 Å². The zero-order chi connectivity index (χ0) is 10.4. The third-order valence-electron chi connectivity index (χ3n) is 1.97. The molecule has 1 unspecified atom stereocenters. The van der Waals surface area contributed by atoms with Gasteiger partial charge in [-0.15, -0.1) is 0 Å². The molecule has 1 saturated heterocycles. The Hall–Kier alpha value is -1.02. The summed E-state index contributed by atoms with van der Waals surface area (Å²) in [5.41, 5.74) is 1.25. The van der Waals surface area contributed by atoms with Crippen LogP contribution in [0.3, 0.4) is 0 Å². The van der Waals surface area contributed by atoms with Crippen LogP contribution in [0.4, 0.5) is 0 Å². The Morgan fingerprint density at radius 1 is 1.43 bits per heavy atom. The molecular weight excluding hydrogens is 176 g/mol. The highest BCUT2D eigenvalue weighted by molar-refractivity contribution is 5.19. The minimum absolute atomic E-state index is 0.199. The first kappa shape index (κ1) is 11.1. The summed E-state index contributed by atoms with van der Waals surface area (Å²) < 4.78 is 10.9. The normalized spacial score (nSPS) is 21.9. The predicted octanol–water partition coefficient (Wildman–Crippen LogP) is 2.83. The van der Waals surface area contributed by atoms with Gasteiger partial charge in [-0.1, -0.05) is 18.2 Å². The van der Waals surface area contributed by atoms with Gasteiger partial charge in [0.2, 0.25) is 0 Å². The summed E-state index contributed by atoms with van der Waals surface area (Å²) in [7, 11) is 0. The Morgan fingerprint density at radius 2 is 2.21 bits per heavy atom. The average Bonchev–Trinajstić information content (AvgIpc) is 2.64. The number of hydrogen-bond acceptors (Lipinski definition) is 2. The Labute approximate surface area is 85.9 Å². The Morgan fingerprint density at radius 3 is 2.71 bits per heavy atom. The quantitative estimate of drug-likeness (QED) is 0.506. The average molecular weight is 194 g/mol. The SMILES string of the molecule is C=C/C(=C\C=C(C)C)OC1CCOC1. The van der Waals surface area contributed by atoms with Crippen molar-refractivity contribution in [3.63, 3.8) is 0 Å². The predicted molar refractivity (Wildman–Crippen MR) is 58.0 cm³/mol. The van der Waals surface area contributed by atoms with Crippen LogP contribution in [0, 0.1) is 0 Å². The van der Waals surface area contributed by atoms with E-state index in [9.17, 15) is 0 Å². The second-order valence-corrected chi connectivity index (χ2v) is 3.62. The summed E-state index contributed by atoms with van der Waals surface area (Å²) in [6.07, 6.45) is 6.87. The van der Waals surface area contributed by atoms with Crippen molar-refractivity contribution in [2.75, 3.05) is 13.2 Å². The molecule has 1 rings (SSSR count). The molecule has 0 N–H and O–H groups in total. The summed E-state index contributed by atoms with van der Waals surface area (Å²) >= 11 is 0. The Balaban J connectivity index is 2.49. The van der Waals surface area contributed by atoms with E-state index in [2.05, 4.69) is 20.4 Å². The molecule has 0 aromatic rings. The molecule has 0 radical (unpaired) electrons. The molecule has 1 heterocycles. The van der Waals surface area contributed by atoms with E-state index in [1.165, 1.54) is 5.57 Å². The van der Waals surface area contributed by atoms with E-state index in [4.69, 9.17) is 9.47 Å². The minimum atomic E-state index is 0.199. The molecule has 14 heavy (non-hydrogen) atoms. The van der Waals surface area contributed by atoms with Gasteiger partial charge in [-0.3, -0.25) is 0 Å². The van der Waals surface area contributed by atoms with Crippen LogP contribution in [0.5, 0.6) is 0 Å². The number of ether oxygens (including phenoxy) is 2. The van der Waals surface area contributed by atoms with Crippen LogP contribution in [0.25, 0.3) is 0 Å². The van der Waals surface area contributed by atoms with Gasteiger partial charge in [0.15, 0.2) is 0 Å². The van der Waals surface area contributed by atoms with Gasteiger partial charge in [0.05, 0.1) is 13.2 Å². The number of rotatable bonds is 4. The molecule has 2 heteroatoms. The van der Waals surface area contributed by atoms with Crippen molar-refractivity contribution in [2.24, 2.45) is 0 Å². The zero-order valence-corrected chi connectivity index (χ0v) is 8.95. The summed E-state index contributed by atoms with van der Waals surface area (Å²) in [5, 5.41) is 0. The monoisotopic (exact) mass is 194 g/mol. The lowest BCUT2D eigenvalue weighted by atomic mass is 10.3. The Bertz CT molecular complexity index is 241. The summed E-state index contributed by atoms with van der Waals surface area (Å²) in [6.45, 7) is 9.32. The van der Waals surface area contributed by atoms with Crippen LogP contribution in [0.15, 0.2) is 36.1 Å². The lowest BCUT2D eigenvalue weighted by Crippen LogP contribution is -2.10. The highest BCUT2D eigenvalue weighted by Crippen LogP contribution is 2.13. The van der Waals surface area contributed by atoms with Gasteiger partial charge >= 0.3 is 0 Å². The molecule has 0 spiro atoms. The third-order valence-corrected chi connectivity index (χ3v) is 1.97. The summed E-state index contributed by atoms with van der Waals surface area (Å²) in [4.78, 5) is 0. The molecule has 1 fully saturated rings. The molecule has 0 aromatic carbocycles. The van der Waals surface area contributed by atoms with Gasteiger partial charge in [-0.05, 0) is 26.0 Å². The fraction of sp³-hybridized carbons (Fsp3) is 0.500. The largest absolute Gasteiger partial charge is 0.488 e. The molecule has 78 valence electrons. The van der Waals surface area contributed by atoms with Crippen molar-refractivity contribution >= 4 is 0 Å². The maximum absolute atomic E-state index is 5.68. The standard InChI is InChI=1S/C12H18O2/c1-4-11(6-5-10(2)3)14-12-7-8-13-9-12/h4-6,12H,1,7-9H2,2-3H3/b11-6+.